The molecule has 5 heteroatoms. The van der Waals surface area contributed by atoms with Gasteiger partial charge in [-0.3, -0.25) is 9.59 Å². The van der Waals surface area contributed by atoms with Gasteiger partial charge in [-0.2, -0.15) is 5.10 Å². The number of aromatic nitrogens is 2. The fourth-order valence-corrected chi connectivity index (χ4v) is 6.61. The second-order valence-corrected chi connectivity index (χ2v) is 9.65. The molecule has 0 spiro atoms. The molecule has 4 aliphatic carbocycles. The Balaban J connectivity index is 1.29. The molecule has 5 nitrogen and oxygen atoms in total. The first kappa shape index (κ1) is 18.6. The lowest BCUT2D eigenvalue weighted by molar-refractivity contribution is -0.126. The zero-order valence-corrected chi connectivity index (χ0v) is 17.0. The first-order valence-corrected chi connectivity index (χ1v) is 10.9. The van der Waals surface area contributed by atoms with Crippen LogP contribution in [0.25, 0.3) is 11.3 Å². The van der Waals surface area contributed by atoms with Crippen LogP contribution in [0.4, 0.5) is 0 Å². The SMILES string of the molecule is CC(NC(=O)Cn1nc(-c2ccccc2)ccc1=O)C12CC3CC(CC(C3)C1)C2. The van der Waals surface area contributed by atoms with Crippen LogP contribution in [0.1, 0.15) is 45.4 Å². The molecule has 1 amide bonds. The van der Waals surface area contributed by atoms with E-state index in [0.717, 1.165) is 23.3 Å². The average Bonchev–Trinajstić information content (AvgIpc) is 2.69. The minimum absolute atomic E-state index is 0.0315. The Hall–Kier alpha value is -2.43. The highest BCUT2D eigenvalue weighted by Crippen LogP contribution is 2.61. The largest absolute Gasteiger partial charge is 0.351 e. The van der Waals surface area contributed by atoms with Crippen LogP contribution < -0.4 is 10.9 Å². The Morgan fingerprint density at radius 1 is 1.07 bits per heavy atom. The van der Waals surface area contributed by atoms with Crippen LogP contribution in [0.5, 0.6) is 0 Å². The van der Waals surface area contributed by atoms with E-state index in [1.54, 1.807) is 6.07 Å². The highest BCUT2D eigenvalue weighted by molar-refractivity contribution is 5.76. The highest BCUT2D eigenvalue weighted by Gasteiger charge is 2.53. The van der Waals surface area contributed by atoms with E-state index < -0.39 is 0 Å². The van der Waals surface area contributed by atoms with Crippen LogP contribution in [0.3, 0.4) is 0 Å². The maximum Gasteiger partial charge on any atom is 0.267 e. The zero-order chi connectivity index (χ0) is 20.0. The monoisotopic (exact) mass is 391 g/mol. The van der Waals surface area contributed by atoms with E-state index in [1.807, 2.05) is 30.3 Å². The molecule has 152 valence electrons. The molecule has 1 aromatic carbocycles. The molecule has 1 atom stereocenters. The topological polar surface area (TPSA) is 64.0 Å². The Bertz CT molecular complexity index is 930. The van der Waals surface area contributed by atoms with Crippen molar-refractivity contribution in [1.82, 2.24) is 15.1 Å². The number of hydrogen-bond acceptors (Lipinski definition) is 3. The standard InChI is InChI=1S/C24H29N3O2/c1-16(24-12-17-9-18(13-24)11-19(10-17)14-24)25-22(28)15-27-23(29)8-7-21(26-27)20-5-3-2-4-6-20/h2-8,16-19H,9-15H2,1H3,(H,25,28). The predicted molar refractivity (Wildman–Crippen MR) is 112 cm³/mol. The summed E-state index contributed by atoms with van der Waals surface area (Å²) in [6, 6.07) is 13.1. The molecule has 1 N–H and O–H groups in total. The van der Waals surface area contributed by atoms with Gasteiger partial charge in [-0.1, -0.05) is 30.3 Å². The fourth-order valence-electron chi connectivity index (χ4n) is 6.61. The van der Waals surface area contributed by atoms with E-state index in [4.69, 9.17) is 0 Å². The lowest BCUT2D eigenvalue weighted by Crippen LogP contribution is -2.56. The maximum atomic E-state index is 12.8. The van der Waals surface area contributed by atoms with Crippen molar-refractivity contribution in [3.8, 4) is 11.3 Å². The molecule has 4 bridgehead atoms. The number of amides is 1. The average molecular weight is 392 g/mol. The van der Waals surface area contributed by atoms with Crippen LogP contribution in [-0.4, -0.2) is 21.7 Å². The van der Waals surface area contributed by atoms with Crippen molar-refractivity contribution in [3.63, 3.8) is 0 Å². The number of carbonyl (C=O) groups excluding carboxylic acids is 1. The normalized spacial score (nSPS) is 30.9. The van der Waals surface area contributed by atoms with E-state index in [-0.39, 0.29) is 29.5 Å². The predicted octanol–water partition coefficient (Wildman–Crippen LogP) is 3.63. The third kappa shape index (κ3) is 3.52. The molecule has 0 radical (unpaired) electrons. The van der Waals surface area contributed by atoms with Gasteiger partial charge in [0, 0.05) is 17.7 Å². The van der Waals surface area contributed by atoms with Crippen molar-refractivity contribution in [1.29, 1.82) is 0 Å². The molecule has 29 heavy (non-hydrogen) atoms. The Kier molecular flexibility index (Phi) is 4.56. The van der Waals surface area contributed by atoms with E-state index in [0.29, 0.717) is 5.69 Å². The highest BCUT2D eigenvalue weighted by atomic mass is 16.2. The van der Waals surface area contributed by atoms with Gasteiger partial charge < -0.3 is 5.32 Å². The molecular formula is C24H29N3O2. The van der Waals surface area contributed by atoms with Crippen LogP contribution in [0.15, 0.2) is 47.3 Å². The summed E-state index contributed by atoms with van der Waals surface area (Å²) < 4.78 is 1.28. The fraction of sp³-hybridized carbons (Fsp3) is 0.542. The Morgan fingerprint density at radius 3 is 2.31 bits per heavy atom. The van der Waals surface area contributed by atoms with Gasteiger partial charge in [-0.05, 0) is 74.7 Å². The van der Waals surface area contributed by atoms with Gasteiger partial charge in [0.15, 0.2) is 0 Å². The maximum absolute atomic E-state index is 12.8. The van der Waals surface area contributed by atoms with E-state index in [2.05, 4.69) is 17.3 Å². The first-order valence-electron chi connectivity index (χ1n) is 10.9. The summed E-state index contributed by atoms with van der Waals surface area (Å²) in [5.41, 5.74) is 1.65. The summed E-state index contributed by atoms with van der Waals surface area (Å²) in [5.74, 6) is 2.44. The van der Waals surface area contributed by atoms with Crippen molar-refractivity contribution >= 4 is 5.91 Å². The number of nitrogens with one attached hydrogen (secondary N) is 1. The molecule has 4 fully saturated rings. The van der Waals surface area contributed by atoms with Crippen molar-refractivity contribution in [2.24, 2.45) is 23.2 Å². The lowest BCUT2D eigenvalue weighted by atomic mass is 9.48. The van der Waals surface area contributed by atoms with Crippen molar-refractivity contribution in [2.75, 3.05) is 0 Å². The van der Waals surface area contributed by atoms with Gasteiger partial charge in [0.1, 0.15) is 6.54 Å². The van der Waals surface area contributed by atoms with Gasteiger partial charge in [-0.25, -0.2) is 4.68 Å². The number of benzene rings is 1. The van der Waals surface area contributed by atoms with Crippen molar-refractivity contribution in [2.45, 2.75) is 58.0 Å². The number of hydrogen-bond donors (Lipinski definition) is 1. The summed E-state index contributed by atoms with van der Waals surface area (Å²) in [6.45, 7) is 2.14. The van der Waals surface area contributed by atoms with Crippen molar-refractivity contribution < 1.29 is 4.79 Å². The van der Waals surface area contributed by atoms with Crippen LogP contribution in [0.2, 0.25) is 0 Å². The van der Waals surface area contributed by atoms with E-state index >= 15 is 0 Å². The van der Waals surface area contributed by atoms with Crippen LogP contribution in [-0.2, 0) is 11.3 Å². The second kappa shape index (κ2) is 7.12. The third-order valence-corrected chi connectivity index (χ3v) is 7.61. The summed E-state index contributed by atoms with van der Waals surface area (Å²) >= 11 is 0. The molecule has 1 aromatic heterocycles. The van der Waals surface area contributed by atoms with Crippen molar-refractivity contribution in [3.05, 3.63) is 52.8 Å². The zero-order valence-electron chi connectivity index (χ0n) is 17.0. The minimum atomic E-state index is -0.248. The number of carbonyl (C=O) groups is 1. The molecule has 1 heterocycles. The van der Waals surface area contributed by atoms with Gasteiger partial charge in [0.2, 0.25) is 5.91 Å². The van der Waals surface area contributed by atoms with Gasteiger partial charge in [0.25, 0.3) is 5.56 Å². The molecule has 4 saturated carbocycles. The van der Waals surface area contributed by atoms with Gasteiger partial charge in [-0.15, -0.1) is 0 Å². The molecule has 0 aliphatic heterocycles. The Labute approximate surface area is 171 Å². The summed E-state index contributed by atoms with van der Waals surface area (Å²) in [7, 11) is 0. The van der Waals surface area contributed by atoms with E-state index in [1.165, 1.54) is 49.3 Å². The van der Waals surface area contributed by atoms with Crippen LogP contribution in [0, 0.1) is 23.2 Å². The second-order valence-electron chi connectivity index (χ2n) is 9.65. The number of nitrogens with zero attached hydrogens (tertiary/aromatic N) is 2. The third-order valence-electron chi connectivity index (χ3n) is 7.61. The molecule has 1 unspecified atom stereocenters. The minimum Gasteiger partial charge on any atom is -0.351 e. The van der Waals surface area contributed by atoms with Gasteiger partial charge >= 0.3 is 0 Å². The quantitative estimate of drug-likeness (QED) is 0.846. The number of rotatable bonds is 5. The van der Waals surface area contributed by atoms with Gasteiger partial charge in [0.05, 0.1) is 5.69 Å². The first-order chi connectivity index (χ1) is 14.0. The molecule has 6 rings (SSSR count). The summed E-state index contributed by atoms with van der Waals surface area (Å²) in [5, 5.41) is 7.66. The lowest BCUT2D eigenvalue weighted by Gasteiger charge is -2.59. The van der Waals surface area contributed by atoms with Crippen LogP contribution >= 0.6 is 0 Å². The van der Waals surface area contributed by atoms with E-state index in [9.17, 15) is 9.59 Å². The molecule has 4 aliphatic rings. The molecule has 0 saturated heterocycles. The summed E-state index contributed by atoms with van der Waals surface area (Å²) in [4.78, 5) is 25.1. The summed E-state index contributed by atoms with van der Waals surface area (Å²) in [6.07, 6.45) is 7.94. The molecule has 2 aromatic rings. The smallest absolute Gasteiger partial charge is 0.267 e. The molecular weight excluding hydrogens is 362 g/mol. The Morgan fingerprint density at radius 2 is 1.69 bits per heavy atom.